The maximum atomic E-state index is 5.89. The largest absolute Gasteiger partial charge is 0.481 e. The quantitative estimate of drug-likeness (QED) is 0.716. The number of pyridine rings is 1. The molecule has 2 N–H and O–H groups in total. The second-order valence-electron chi connectivity index (χ2n) is 2.93. The first kappa shape index (κ1) is 9.74. The monoisotopic (exact) mass is 178 g/mol. The minimum absolute atomic E-state index is 0.205. The highest BCUT2D eigenvalue weighted by molar-refractivity contribution is 5.33. The fraction of sp³-hybridized carbons (Fsp3) is 0.300. The lowest BCUT2D eigenvalue weighted by Gasteiger charge is -2.13. The molecule has 1 rings (SSSR count). The highest BCUT2D eigenvalue weighted by atomic mass is 16.5. The van der Waals surface area contributed by atoms with Crippen molar-refractivity contribution in [2.24, 2.45) is 5.73 Å². The molecule has 1 aromatic heterocycles. The number of methoxy groups -OCH3 is 1. The summed E-state index contributed by atoms with van der Waals surface area (Å²) in [7, 11) is 1.58. The van der Waals surface area contributed by atoms with Crippen LogP contribution in [0.5, 0.6) is 5.88 Å². The van der Waals surface area contributed by atoms with E-state index < -0.39 is 0 Å². The predicted molar refractivity (Wildman–Crippen MR) is 52.5 cm³/mol. The minimum Gasteiger partial charge on any atom is -0.481 e. The lowest BCUT2D eigenvalue weighted by Crippen LogP contribution is -2.12. The summed E-state index contributed by atoms with van der Waals surface area (Å²) in [6.07, 6.45) is 1.67. The Bertz CT molecular complexity index is 310. The first-order chi connectivity index (χ1) is 6.16. The Kier molecular flexibility index (Phi) is 3.03. The summed E-state index contributed by atoms with van der Waals surface area (Å²) in [5, 5.41) is 0. The predicted octanol–water partition coefficient (Wildman–Crippen LogP) is 1.67. The van der Waals surface area contributed by atoms with Crippen molar-refractivity contribution < 1.29 is 4.74 Å². The molecule has 0 radical (unpaired) electrons. The first-order valence-electron chi connectivity index (χ1n) is 4.06. The molecule has 1 unspecified atom stereocenters. The average Bonchev–Trinajstić information content (AvgIpc) is 2.16. The molecule has 0 saturated heterocycles. The molecule has 0 spiro atoms. The van der Waals surface area contributed by atoms with Crippen LogP contribution in [0.2, 0.25) is 0 Å². The van der Waals surface area contributed by atoms with E-state index in [1.807, 2.05) is 19.1 Å². The third-order valence-electron chi connectivity index (χ3n) is 1.86. The molecule has 0 amide bonds. The van der Waals surface area contributed by atoms with Crippen LogP contribution in [0.3, 0.4) is 0 Å². The van der Waals surface area contributed by atoms with Gasteiger partial charge >= 0.3 is 0 Å². The van der Waals surface area contributed by atoms with Crippen LogP contribution in [-0.2, 0) is 0 Å². The zero-order valence-electron chi connectivity index (χ0n) is 7.95. The van der Waals surface area contributed by atoms with Crippen LogP contribution in [0.15, 0.2) is 30.5 Å². The maximum Gasteiger partial charge on any atom is 0.218 e. The Morgan fingerprint density at radius 2 is 2.38 bits per heavy atom. The van der Waals surface area contributed by atoms with Gasteiger partial charge in [-0.1, -0.05) is 18.2 Å². The van der Waals surface area contributed by atoms with E-state index >= 15 is 0 Å². The van der Waals surface area contributed by atoms with E-state index in [0.29, 0.717) is 5.88 Å². The van der Waals surface area contributed by atoms with Crippen molar-refractivity contribution in [1.82, 2.24) is 4.98 Å². The van der Waals surface area contributed by atoms with Crippen molar-refractivity contribution in [2.45, 2.75) is 13.0 Å². The van der Waals surface area contributed by atoms with E-state index in [9.17, 15) is 0 Å². The maximum absolute atomic E-state index is 5.89. The molecule has 13 heavy (non-hydrogen) atoms. The van der Waals surface area contributed by atoms with Gasteiger partial charge in [-0.15, -0.1) is 0 Å². The van der Waals surface area contributed by atoms with E-state index in [2.05, 4.69) is 11.6 Å². The topological polar surface area (TPSA) is 48.1 Å². The van der Waals surface area contributed by atoms with E-state index in [1.54, 1.807) is 13.3 Å². The molecule has 0 aliphatic heterocycles. The molecule has 1 aromatic rings. The summed E-state index contributed by atoms with van der Waals surface area (Å²) in [6, 6.07) is 3.52. The van der Waals surface area contributed by atoms with E-state index in [1.165, 1.54) is 0 Å². The van der Waals surface area contributed by atoms with Crippen LogP contribution in [0.4, 0.5) is 0 Å². The van der Waals surface area contributed by atoms with Crippen molar-refractivity contribution in [3.63, 3.8) is 0 Å². The van der Waals surface area contributed by atoms with Gasteiger partial charge in [0.15, 0.2) is 0 Å². The van der Waals surface area contributed by atoms with Crippen LogP contribution < -0.4 is 10.5 Å². The Morgan fingerprint density at radius 1 is 1.69 bits per heavy atom. The van der Waals surface area contributed by atoms with Crippen LogP contribution in [-0.4, -0.2) is 12.1 Å². The fourth-order valence-corrected chi connectivity index (χ4v) is 1.08. The molecular weight excluding hydrogens is 164 g/mol. The van der Waals surface area contributed by atoms with Gasteiger partial charge in [0.25, 0.3) is 0 Å². The Labute approximate surface area is 78.2 Å². The van der Waals surface area contributed by atoms with Gasteiger partial charge in [-0.05, 0) is 13.0 Å². The average molecular weight is 178 g/mol. The smallest absolute Gasteiger partial charge is 0.218 e. The summed E-state index contributed by atoms with van der Waals surface area (Å²) in [4.78, 5) is 4.06. The number of rotatable bonds is 3. The van der Waals surface area contributed by atoms with Crippen LogP contribution in [0, 0.1) is 0 Å². The van der Waals surface area contributed by atoms with E-state index in [0.717, 1.165) is 11.1 Å². The van der Waals surface area contributed by atoms with Gasteiger partial charge in [0.2, 0.25) is 5.88 Å². The van der Waals surface area contributed by atoms with Crippen molar-refractivity contribution >= 4 is 0 Å². The molecule has 3 heteroatoms. The Balaban J connectivity index is 3.05. The van der Waals surface area contributed by atoms with E-state index in [4.69, 9.17) is 10.5 Å². The SMILES string of the molecule is C=C(C)C(N)c1cccnc1OC. The molecule has 3 nitrogen and oxygen atoms in total. The third kappa shape index (κ3) is 2.06. The number of nitrogens with zero attached hydrogens (tertiary/aromatic N) is 1. The molecule has 0 aliphatic rings. The summed E-state index contributed by atoms with van der Waals surface area (Å²) >= 11 is 0. The molecule has 0 bridgehead atoms. The lowest BCUT2D eigenvalue weighted by molar-refractivity contribution is 0.390. The van der Waals surface area contributed by atoms with Crippen molar-refractivity contribution in [3.8, 4) is 5.88 Å². The van der Waals surface area contributed by atoms with E-state index in [-0.39, 0.29) is 6.04 Å². The first-order valence-corrected chi connectivity index (χ1v) is 4.06. The molecule has 0 fully saturated rings. The van der Waals surface area contributed by atoms with Gasteiger partial charge in [0.1, 0.15) is 0 Å². The Hall–Kier alpha value is -1.35. The Morgan fingerprint density at radius 3 is 2.92 bits per heavy atom. The van der Waals surface area contributed by atoms with Crippen molar-refractivity contribution in [1.29, 1.82) is 0 Å². The van der Waals surface area contributed by atoms with Gasteiger partial charge in [0.05, 0.1) is 13.2 Å². The zero-order chi connectivity index (χ0) is 9.84. The summed E-state index contributed by atoms with van der Waals surface area (Å²) < 4.78 is 5.08. The van der Waals surface area contributed by atoms with Gasteiger partial charge in [0, 0.05) is 11.8 Å². The minimum atomic E-state index is -0.205. The van der Waals surface area contributed by atoms with Crippen LogP contribution in [0.1, 0.15) is 18.5 Å². The second-order valence-corrected chi connectivity index (χ2v) is 2.93. The summed E-state index contributed by atoms with van der Waals surface area (Å²) in [6.45, 7) is 5.68. The van der Waals surface area contributed by atoms with Gasteiger partial charge in [-0.2, -0.15) is 0 Å². The number of hydrogen-bond acceptors (Lipinski definition) is 3. The molecule has 0 saturated carbocycles. The molecule has 0 aromatic carbocycles. The zero-order valence-corrected chi connectivity index (χ0v) is 7.95. The lowest BCUT2D eigenvalue weighted by atomic mass is 10.0. The third-order valence-corrected chi connectivity index (χ3v) is 1.86. The highest BCUT2D eigenvalue weighted by Gasteiger charge is 2.12. The molecule has 0 aliphatic carbocycles. The summed E-state index contributed by atoms with van der Waals surface area (Å²) in [5.74, 6) is 0.568. The van der Waals surface area contributed by atoms with Gasteiger partial charge < -0.3 is 10.5 Å². The molecular formula is C10H14N2O. The second kappa shape index (κ2) is 4.05. The van der Waals surface area contributed by atoms with Crippen molar-refractivity contribution in [2.75, 3.05) is 7.11 Å². The van der Waals surface area contributed by atoms with Gasteiger partial charge in [-0.3, -0.25) is 0 Å². The number of nitrogens with two attached hydrogens (primary N) is 1. The number of hydrogen-bond donors (Lipinski definition) is 1. The molecule has 1 heterocycles. The number of aromatic nitrogens is 1. The number of ether oxygens (including phenoxy) is 1. The fourth-order valence-electron chi connectivity index (χ4n) is 1.08. The summed E-state index contributed by atoms with van der Waals surface area (Å²) in [5.41, 5.74) is 7.66. The van der Waals surface area contributed by atoms with Crippen molar-refractivity contribution in [3.05, 3.63) is 36.0 Å². The van der Waals surface area contributed by atoms with Crippen LogP contribution >= 0.6 is 0 Å². The molecule has 1 atom stereocenters. The molecule has 70 valence electrons. The standard InChI is InChI=1S/C10H14N2O/c1-7(2)9(11)8-5-4-6-12-10(8)13-3/h4-6,9H,1,11H2,2-3H3. The highest BCUT2D eigenvalue weighted by Crippen LogP contribution is 2.24. The van der Waals surface area contributed by atoms with Crippen LogP contribution in [0.25, 0.3) is 0 Å². The normalized spacial score (nSPS) is 12.2. The van der Waals surface area contributed by atoms with Gasteiger partial charge in [-0.25, -0.2) is 4.98 Å².